The van der Waals surface area contributed by atoms with Crippen molar-refractivity contribution in [2.24, 2.45) is 5.92 Å². The molecule has 1 aromatic rings. The average molecular weight is 761 g/mol. The van der Waals surface area contributed by atoms with E-state index >= 15 is 0 Å². The number of nitrogens with one attached hydrogen (secondary N) is 1. The number of carboxylic acids is 1. The third kappa shape index (κ3) is 9.89. The van der Waals surface area contributed by atoms with E-state index in [9.17, 15) is 44.7 Å². The van der Waals surface area contributed by atoms with Crippen molar-refractivity contribution in [1.82, 2.24) is 4.72 Å². The standard InChI is InChI=1S/C35H55NO15S/c1-18-9-11-21(12-10-18)52(3,45)36-16-24-31(51-34-29(41)28(40)26(38)19(2)47-34)22(13-14-46-24)49-35-30(42)32(27(39)25(17-37)50-35)48-23(33(43)44)15-20-7-5-4-6-8-20/h9-12,19-20,22-32,34-35,37-42H,3-8,13-17H2,1-2H3,(H,36,45)(H,43,44)/p-1. The molecular formula is C35H54NO15S-. The second-order valence-electron chi connectivity index (χ2n) is 14.3. The largest absolute Gasteiger partial charge is 0.547 e. The van der Waals surface area contributed by atoms with Crippen LogP contribution >= 0.6 is 0 Å². The molecular weight excluding hydrogens is 706 g/mol. The molecule has 3 heterocycles. The molecule has 4 aliphatic rings. The number of ether oxygens (including phenoxy) is 6. The molecule has 0 radical (unpaired) electrons. The molecule has 1 aromatic carbocycles. The molecule has 5 rings (SSSR count). The SMILES string of the molecule is C=S(=O)(NCC1OCCC(OC2OC(CO)C(O)C(OC(CC3CCCCC3)C(=O)[O-])C2O)C1OC1OC(C)C(O)C(O)C1O)c1ccc(C)cc1. The van der Waals surface area contributed by atoms with Crippen LogP contribution in [0.15, 0.2) is 29.2 Å². The first-order chi connectivity index (χ1) is 24.7. The zero-order chi connectivity index (χ0) is 37.7. The van der Waals surface area contributed by atoms with Crippen molar-refractivity contribution in [3.8, 4) is 0 Å². The normalized spacial score (nSPS) is 39.4. The minimum Gasteiger partial charge on any atom is -0.547 e. The second kappa shape index (κ2) is 18.2. The maximum atomic E-state index is 13.6. The van der Waals surface area contributed by atoms with Crippen LogP contribution < -0.4 is 9.83 Å². The predicted molar refractivity (Wildman–Crippen MR) is 182 cm³/mol. The van der Waals surface area contributed by atoms with E-state index in [0.29, 0.717) is 4.90 Å². The summed E-state index contributed by atoms with van der Waals surface area (Å²) in [6, 6.07) is 6.97. The number of carboxylic acid groups (broad SMARTS) is 1. The van der Waals surface area contributed by atoms with E-state index in [1.54, 1.807) is 24.3 Å². The highest BCUT2D eigenvalue weighted by Gasteiger charge is 2.51. The van der Waals surface area contributed by atoms with Crippen molar-refractivity contribution in [3.63, 3.8) is 0 Å². The van der Waals surface area contributed by atoms with Gasteiger partial charge in [0, 0.05) is 18.0 Å². The fourth-order valence-corrected chi connectivity index (χ4v) is 8.47. The molecule has 0 aromatic heterocycles. The van der Waals surface area contributed by atoms with Crippen LogP contribution in [-0.4, -0.2) is 152 Å². The van der Waals surface area contributed by atoms with Crippen molar-refractivity contribution in [3.05, 3.63) is 29.8 Å². The molecule has 17 heteroatoms. The van der Waals surface area contributed by atoms with Crippen LogP contribution in [0.3, 0.4) is 0 Å². The van der Waals surface area contributed by atoms with Crippen molar-refractivity contribution >= 4 is 21.5 Å². The molecule has 7 N–H and O–H groups in total. The number of hydrogen-bond acceptors (Lipinski definition) is 15. The van der Waals surface area contributed by atoms with E-state index < -0.39 is 108 Å². The minimum absolute atomic E-state index is 0.0656. The lowest BCUT2D eigenvalue weighted by Crippen LogP contribution is -2.64. The number of benzene rings is 1. The number of aliphatic hydroxyl groups is 6. The Morgan fingerprint density at radius 3 is 2.25 bits per heavy atom. The van der Waals surface area contributed by atoms with Gasteiger partial charge in [-0.3, -0.25) is 0 Å². The summed E-state index contributed by atoms with van der Waals surface area (Å²) in [5.41, 5.74) is 0.964. The summed E-state index contributed by atoms with van der Waals surface area (Å²) < 4.78 is 52.3. The summed E-state index contributed by atoms with van der Waals surface area (Å²) in [6.45, 7) is 2.62. The number of carbonyl (C=O) groups excluding carboxylic acids is 1. The molecule has 0 bridgehead atoms. The topological polar surface area (TPSA) is 246 Å². The van der Waals surface area contributed by atoms with Crippen LogP contribution in [0.1, 0.15) is 57.4 Å². The van der Waals surface area contributed by atoms with Gasteiger partial charge in [-0.2, -0.15) is 0 Å². The molecule has 1 saturated carbocycles. The van der Waals surface area contributed by atoms with E-state index in [2.05, 4.69) is 10.6 Å². The first-order valence-electron chi connectivity index (χ1n) is 18.0. The summed E-state index contributed by atoms with van der Waals surface area (Å²) >= 11 is 0. The monoisotopic (exact) mass is 760 g/mol. The lowest BCUT2D eigenvalue weighted by atomic mass is 9.85. The quantitative estimate of drug-likeness (QED) is 0.100. The summed E-state index contributed by atoms with van der Waals surface area (Å²) in [5, 5.41) is 76.2. The number of hydrogen-bond donors (Lipinski definition) is 7. The van der Waals surface area contributed by atoms with E-state index in [1.165, 1.54) is 6.92 Å². The van der Waals surface area contributed by atoms with Gasteiger partial charge in [-0.15, -0.1) is 0 Å². The number of rotatable bonds is 14. The van der Waals surface area contributed by atoms with E-state index in [-0.39, 0.29) is 31.9 Å². The van der Waals surface area contributed by atoms with Crippen molar-refractivity contribution in [1.29, 1.82) is 0 Å². The van der Waals surface area contributed by atoms with Gasteiger partial charge in [0.05, 0.1) is 46.7 Å². The van der Waals surface area contributed by atoms with Crippen LogP contribution in [0.5, 0.6) is 0 Å². The van der Waals surface area contributed by atoms with Gasteiger partial charge in [-0.05, 0) is 50.6 Å². The first kappa shape index (κ1) is 41.4. The lowest BCUT2D eigenvalue weighted by Gasteiger charge is -2.47. The molecule has 3 saturated heterocycles. The van der Waals surface area contributed by atoms with Gasteiger partial charge >= 0.3 is 0 Å². The third-order valence-corrected chi connectivity index (χ3v) is 12.1. The molecule has 0 amide bonds. The van der Waals surface area contributed by atoms with Crippen LogP contribution in [-0.2, 0) is 42.9 Å². The molecule has 15 atom stereocenters. The summed E-state index contributed by atoms with van der Waals surface area (Å²) in [5.74, 6) is 2.43. The predicted octanol–water partition coefficient (Wildman–Crippen LogP) is -2.13. The maximum absolute atomic E-state index is 13.6. The molecule has 1 aliphatic carbocycles. The molecule has 16 nitrogen and oxygen atoms in total. The van der Waals surface area contributed by atoms with Gasteiger partial charge in [-0.1, -0.05) is 49.8 Å². The van der Waals surface area contributed by atoms with Crippen LogP contribution in [0.2, 0.25) is 0 Å². The third-order valence-electron chi connectivity index (χ3n) is 10.5. The van der Waals surface area contributed by atoms with Gasteiger partial charge in [0.1, 0.15) is 48.8 Å². The van der Waals surface area contributed by atoms with Crippen LogP contribution in [0.25, 0.3) is 0 Å². The summed E-state index contributed by atoms with van der Waals surface area (Å²) in [7, 11) is -3.05. The molecule has 52 heavy (non-hydrogen) atoms. The Bertz CT molecular complexity index is 1390. The average Bonchev–Trinajstić information content (AvgIpc) is 3.12. The molecule has 296 valence electrons. The number of carbonyl (C=O) groups is 1. The Hall–Kier alpha value is -1.81. The lowest BCUT2D eigenvalue weighted by molar-refractivity contribution is -0.359. The van der Waals surface area contributed by atoms with Crippen molar-refractivity contribution < 1.29 is 73.2 Å². The second-order valence-corrected chi connectivity index (χ2v) is 16.5. The Morgan fingerprint density at radius 2 is 1.60 bits per heavy atom. The van der Waals surface area contributed by atoms with Crippen molar-refractivity contribution in [2.75, 3.05) is 19.8 Å². The first-order valence-corrected chi connectivity index (χ1v) is 19.7. The number of aliphatic carboxylic acids is 1. The van der Waals surface area contributed by atoms with Gasteiger partial charge in [0.2, 0.25) is 0 Å². The fraction of sp³-hybridized carbons (Fsp3) is 0.771. The Balaban J connectivity index is 1.36. The Kier molecular flexibility index (Phi) is 14.5. The number of aryl methyl sites for hydroxylation is 1. The zero-order valence-electron chi connectivity index (χ0n) is 29.5. The minimum atomic E-state index is -3.05. The van der Waals surface area contributed by atoms with Gasteiger partial charge in [0.15, 0.2) is 12.6 Å². The van der Waals surface area contributed by atoms with Gasteiger partial charge in [-0.25, -0.2) is 8.93 Å². The summed E-state index contributed by atoms with van der Waals surface area (Å²) in [6.07, 6.45) is -14.7. The highest BCUT2D eigenvalue weighted by Crippen LogP contribution is 2.34. The van der Waals surface area contributed by atoms with Crippen molar-refractivity contribution in [2.45, 2.75) is 150 Å². The highest BCUT2D eigenvalue weighted by atomic mass is 32.2. The fourth-order valence-electron chi connectivity index (χ4n) is 7.29. The molecule has 0 spiro atoms. The maximum Gasteiger partial charge on any atom is 0.187 e. The summed E-state index contributed by atoms with van der Waals surface area (Å²) in [4.78, 5) is 12.6. The van der Waals surface area contributed by atoms with Crippen LogP contribution in [0.4, 0.5) is 0 Å². The Morgan fingerprint density at radius 1 is 0.923 bits per heavy atom. The smallest absolute Gasteiger partial charge is 0.187 e. The molecule has 3 aliphatic heterocycles. The Labute approximate surface area is 304 Å². The van der Waals surface area contributed by atoms with Gasteiger partial charge < -0.3 is 69.0 Å². The highest BCUT2D eigenvalue weighted by molar-refractivity contribution is 7.98. The van der Waals surface area contributed by atoms with E-state index in [0.717, 1.165) is 37.7 Å². The number of aliphatic hydroxyl groups excluding tert-OH is 6. The van der Waals surface area contributed by atoms with E-state index in [1.807, 2.05) is 6.92 Å². The van der Waals surface area contributed by atoms with Gasteiger partial charge in [0.25, 0.3) is 0 Å². The zero-order valence-corrected chi connectivity index (χ0v) is 30.3. The van der Waals surface area contributed by atoms with Crippen LogP contribution in [0, 0.1) is 12.8 Å². The molecule has 15 unspecified atom stereocenters. The molecule has 4 fully saturated rings. The van der Waals surface area contributed by atoms with E-state index in [4.69, 9.17) is 28.4 Å².